The highest BCUT2D eigenvalue weighted by Crippen LogP contribution is 2.06. The van der Waals surface area contributed by atoms with Crippen molar-refractivity contribution >= 4 is 15.4 Å². The number of pyridine rings is 1. The molecule has 0 saturated heterocycles. The standard InChI is InChI=1S/C10H13NSi/c1-5-9-7(3)10(12)6(2)8(4)11-9/h1H,2-4,12H3. The van der Waals surface area contributed by atoms with E-state index in [1.165, 1.54) is 16.3 Å². The van der Waals surface area contributed by atoms with Crippen LogP contribution < -0.4 is 5.19 Å². The number of nitrogens with zero attached hydrogens (tertiary/aromatic N) is 1. The lowest BCUT2D eigenvalue weighted by Gasteiger charge is -2.08. The fraction of sp³-hybridized carbons (Fsp3) is 0.300. The lowest BCUT2D eigenvalue weighted by Crippen LogP contribution is -2.16. The summed E-state index contributed by atoms with van der Waals surface area (Å²) in [4.78, 5) is 4.34. The van der Waals surface area contributed by atoms with Crippen LogP contribution in [0.3, 0.4) is 0 Å². The average Bonchev–Trinajstić information content (AvgIpc) is 2.08. The van der Waals surface area contributed by atoms with Crippen LogP contribution in [0.25, 0.3) is 0 Å². The Bertz CT molecular complexity index is 361. The summed E-state index contributed by atoms with van der Waals surface area (Å²) in [5.74, 6) is 2.62. The van der Waals surface area contributed by atoms with Crippen LogP contribution in [0.5, 0.6) is 0 Å². The van der Waals surface area contributed by atoms with Crippen molar-refractivity contribution in [2.45, 2.75) is 20.8 Å². The first kappa shape index (κ1) is 9.02. The van der Waals surface area contributed by atoms with Crippen molar-refractivity contribution < 1.29 is 0 Å². The Morgan fingerprint density at radius 3 is 2.33 bits per heavy atom. The number of aromatic nitrogens is 1. The smallest absolute Gasteiger partial charge is 0.115 e. The maximum Gasteiger partial charge on any atom is 0.115 e. The largest absolute Gasteiger partial charge is 0.244 e. The molecule has 0 aliphatic heterocycles. The van der Waals surface area contributed by atoms with Crippen molar-refractivity contribution in [3.05, 3.63) is 22.5 Å². The van der Waals surface area contributed by atoms with Crippen LogP contribution in [0.4, 0.5) is 0 Å². The van der Waals surface area contributed by atoms with E-state index in [-0.39, 0.29) is 0 Å². The molecule has 0 bridgehead atoms. The molecule has 12 heavy (non-hydrogen) atoms. The molecule has 2 heteroatoms. The molecule has 0 aliphatic rings. The zero-order chi connectivity index (χ0) is 9.30. The summed E-state index contributed by atoms with van der Waals surface area (Å²) >= 11 is 0. The van der Waals surface area contributed by atoms with Crippen LogP contribution in [0, 0.1) is 33.1 Å². The van der Waals surface area contributed by atoms with Crippen molar-refractivity contribution in [2.24, 2.45) is 0 Å². The van der Waals surface area contributed by atoms with Crippen molar-refractivity contribution in [3.63, 3.8) is 0 Å². The van der Waals surface area contributed by atoms with Gasteiger partial charge in [0.15, 0.2) is 0 Å². The zero-order valence-corrected chi connectivity index (χ0v) is 10.0. The fourth-order valence-electron chi connectivity index (χ4n) is 1.21. The summed E-state index contributed by atoms with van der Waals surface area (Å²) in [5.41, 5.74) is 4.37. The number of terminal acetylenes is 1. The summed E-state index contributed by atoms with van der Waals surface area (Å²) in [6.07, 6.45) is 5.34. The first-order chi connectivity index (χ1) is 5.57. The lowest BCUT2D eigenvalue weighted by molar-refractivity contribution is 1.12. The third-order valence-electron chi connectivity index (χ3n) is 2.44. The molecule has 1 nitrogen and oxygen atoms in total. The minimum atomic E-state index is 0.808. The van der Waals surface area contributed by atoms with E-state index in [0.29, 0.717) is 0 Å². The van der Waals surface area contributed by atoms with Gasteiger partial charge >= 0.3 is 0 Å². The number of aryl methyl sites for hydroxylation is 1. The molecule has 0 radical (unpaired) electrons. The van der Waals surface area contributed by atoms with E-state index in [0.717, 1.165) is 21.6 Å². The molecule has 0 fully saturated rings. The Hall–Kier alpha value is -1.07. The molecule has 0 aromatic carbocycles. The van der Waals surface area contributed by atoms with Gasteiger partial charge in [-0.05, 0) is 37.8 Å². The summed E-state index contributed by atoms with van der Waals surface area (Å²) in [7, 11) is 1.04. The molecule has 1 heterocycles. The Kier molecular flexibility index (Phi) is 2.34. The number of rotatable bonds is 0. The predicted octanol–water partition coefficient (Wildman–Crippen LogP) is -0.0211. The topological polar surface area (TPSA) is 12.9 Å². The third kappa shape index (κ3) is 1.28. The molecule has 0 saturated carbocycles. The Morgan fingerprint density at radius 1 is 1.25 bits per heavy atom. The molecule has 1 aromatic rings. The molecule has 1 aromatic heterocycles. The van der Waals surface area contributed by atoms with E-state index in [2.05, 4.69) is 24.8 Å². The second-order valence-corrected chi connectivity index (χ2v) is 4.07. The van der Waals surface area contributed by atoms with E-state index < -0.39 is 0 Å². The van der Waals surface area contributed by atoms with Crippen LogP contribution in [-0.2, 0) is 0 Å². The molecule has 0 aliphatic carbocycles. The first-order valence-corrected chi connectivity index (χ1v) is 4.99. The van der Waals surface area contributed by atoms with Crippen LogP contribution in [0.1, 0.15) is 22.5 Å². The van der Waals surface area contributed by atoms with Crippen LogP contribution in [-0.4, -0.2) is 15.2 Å². The normalized spacial score (nSPS) is 9.83. The molecule has 0 amide bonds. The second kappa shape index (κ2) is 3.12. The summed E-state index contributed by atoms with van der Waals surface area (Å²) in [5, 5.41) is 1.40. The van der Waals surface area contributed by atoms with Gasteiger partial charge in [-0.25, -0.2) is 4.98 Å². The Labute approximate surface area is 76.6 Å². The quantitative estimate of drug-likeness (QED) is 0.399. The maximum absolute atomic E-state index is 5.34. The SMILES string of the molecule is C#Cc1nc(C)c(C)c([SiH3])c1C. The van der Waals surface area contributed by atoms with Gasteiger partial charge in [0.2, 0.25) is 0 Å². The van der Waals surface area contributed by atoms with Crippen molar-refractivity contribution in [2.75, 3.05) is 0 Å². The molecular weight excluding hydrogens is 162 g/mol. The predicted molar refractivity (Wildman–Crippen MR) is 56.0 cm³/mol. The molecular formula is C10H13NSi. The van der Waals surface area contributed by atoms with Gasteiger partial charge in [-0.2, -0.15) is 0 Å². The maximum atomic E-state index is 5.34. The van der Waals surface area contributed by atoms with Gasteiger partial charge in [0.05, 0.1) is 0 Å². The van der Waals surface area contributed by atoms with E-state index in [9.17, 15) is 0 Å². The van der Waals surface area contributed by atoms with Gasteiger partial charge in [0.1, 0.15) is 5.69 Å². The summed E-state index contributed by atoms with van der Waals surface area (Å²) in [6.45, 7) is 6.17. The minimum absolute atomic E-state index is 0.808. The van der Waals surface area contributed by atoms with Gasteiger partial charge < -0.3 is 0 Å². The molecule has 62 valence electrons. The van der Waals surface area contributed by atoms with Gasteiger partial charge in [0.25, 0.3) is 0 Å². The van der Waals surface area contributed by atoms with E-state index >= 15 is 0 Å². The number of hydrogen-bond donors (Lipinski definition) is 0. The highest BCUT2D eigenvalue weighted by molar-refractivity contribution is 6.34. The zero-order valence-electron chi connectivity index (χ0n) is 8.02. The van der Waals surface area contributed by atoms with E-state index in [1.807, 2.05) is 6.92 Å². The summed E-state index contributed by atoms with van der Waals surface area (Å²) < 4.78 is 0. The highest BCUT2D eigenvalue weighted by atomic mass is 28.1. The van der Waals surface area contributed by atoms with Gasteiger partial charge in [-0.3, -0.25) is 0 Å². The van der Waals surface area contributed by atoms with Gasteiger partial charge in [0, 0.05) is 15.9 Å². The van der Waals surface area contributed by atoms with Crippen molar-refractivity contribution in [1.29, 1.82) is 0 Å². The van der Waals surface area contributed by atoms with E-state index in [4.69, 9.17) is 6.42 Å². The van der Waals surface area contributed by atoms with Crippen molar-refractivity contribution in [1.82, 2.24) is 4.98 Å². The van der Waals surface area contributed by atoms with Crippen LogP contribution in [0.15, 0.2) is 0 Å². The van der Waals surface area contributed by atoms with Gasteiger partial charge in [-0.1, -0.05) is 5.19 Å². The minimum Gasteiger partial charge on any atom is -0.244 e. The Morgan fingerprint density at radius 2 is 1.83 bits per heavy atom. The van der Waals surface area contributed by atoms with E-state index in [1.54, 1.807) is 0 Å². The fourth-order valence-corrected chi connectivity index (χ4v) is 1.80. The Balaban J connectivity index is 3.52. The molecule has 0 unspecified atom stereocenters. The second-order valence-electron chi connectivity index (χ2n) is 3.07. The van der Waals surface area contributed by atoms with Crippen LogP contribution in [0.2, 0.25) is 0 Å². The average molecular weight is 175 g/mol. The molecule has 0 atom stereocenters. The molecule has 1 rings (SSSR count). The molecule has 0 spiro atoms. The molecule has 0 N–H and O–H groups in total. The summed E-state index contributed by atoms with van der Waals surface area (Å²) in [6, 6.07) is 0. The lowest BCUT2D eigenvalue weighted by atomic mass is 10.1. The number of hydrogen-bond acceptors (Lipinski definition) is 1. The van der Waals surface area contributed by atoms with Crippen molar-refractivity contribution in [3.8, 4) is 12.3 Å². The highest BCUT2D eigenvalue weighted by Gasteiger charge is 2.05. The first-order valence-electron chi connectivity index (χ1n) is 3.99. The van der Waals surface area contributed by atoms with Gasteiger partial charge in [-0.15, -0.1) is 6.42 Å². The monoisotopic (exact) mass is 175 g/mol. The van der Waals surface area contributed by atoms with Crippen LogP contribution >= 0.6 is 0 Å². The third-order valence-corrected chi connectivity index (χ3v) is 3.94.